The van der Waals surface area contributed by atoms with Crippen molar-refractivity contribution in [2.24, 2.45) is 4.99 Å². The van der Waals surface area contributed by atoms with Gasteiger partial charge in [0.15, 0.2) is 6.10 Å². The fraction of sp³-hybridized carbons (Fsp3) is 0.143. The van der Waals surface area contributed by atoms with Crippen molar-refractivity contribution < 1.29 is 17.9 Å². The highest BCUT2D eigenvalue weighted by Gasteiger charge is 2.36. The molecule has 0 fully saturated rings. The Labute approximate surface area is 154 Å². The van der Waals surface area contributed by atoms with E-state index in [4.69, 9.17) is 4.74 Å². The second kappa shape index (κ2) is 6.87. The third-order valence-corrected chi connectivity index (χ3v) is 4.36. The lowest BCUT2D eigenvalue weighted by Gasteiger charge is -2.18. The van der Waals surface area contributed by atoms with E-state index >= 15 is 0 Å². The number of nitrogens with zero attached hydrogens (tertiary/aromatic N) is 2. The quantitative estimate of drug-likeness (QED) is 0.624. The number of ether oxygens (including phenoxy) is 1. The summed E-state index contributed by atoms with van der Waals surface area (Å²) in [6.07, 6.45) is -3.76. The van der Waals surface area contributed by atoms with Crippen LogP contribution in [0, 0.1) is 0 Å². The van der Waals surface area contributed by atoms with E-state index in [0.717, 1.165) is 29.5 Å². The molecule has 0 spiro atoms. The minimum atomic E-state index is -4.45. The van der Waals surface area contributed by atoms with Gasteiger partial charge in [0.2, 0.25) is 5.90 Å². The molecule has 0 unspecified atom stereocenters. The largest absolute Gasteiger partial charge is 0.465 e. The second-order valence-electron chi connectivity index (χ2n) is 6.17. The van der Waals surface area contributed by atoms with Crippen molar-refractivity contribution in [3.63, 3.8) is 0 Å². The van der Waals surface area contributed by atoms with E-state index in [9.17, 15) is 13.2 Å². The Hall–Kier alpha value is -3.15. The van der Waals surface area contributed by atoms with Crippen molar-refractivity contribution in [3.05, 3.63) is 101 Å². The number of benzene rings is 2. The van der Waals surface area contributed by atoms with Gasteiger partial charge in [-0.25, -0.2) is 4.99 Å². The summed E-state index contributed by atoms with van der Waals surface area (Å²) in [5.74, 6) is 0.115. The molecule has 0 N–H and O–H groups in total. The number of hydrogen-bond donors (Lipinski definition) is 0. The summed E-state index contributed by atoms with van der Waals surface area (Å²) in [4.78, 5) is 8.61. The maximum atomic E-state index is 13.0. The second-order valence-corrected chi connectivity index (χ2v) is 6.17. The molecule has 0 saturated carbocycles. The fourth-order valence-corrected chi connectivity index (χ4v) is 3.05. The van der Waals surface area contributed by atoms with Gasteiger partial charge in [0.25, 0.3) is 0 Å². The predicted octanol–water partition coefficient (Wildman–Crippen LogP) is 5.36. The summed E-state index contributed by atoms with van der Waals surface area (Å²) in [6.45, 7) is 0. The molecule has 3 nitrogen and oxygen atoms in total. The average Bonchev–Trinajstić information content (AvgIpc) is 3.14. The summed E-state index contributed by atoms with van der Waals surface area (Å²) in [5.41, 5.74) is 1.12. The Morgan fingerprint density at radius 3 is 2.07 bits per heavy atom. The topological polar surface area (TPSA) is 34.5 Å². The molecule has 1 aliphatic heterocycles. The van der Waals surface area contributed by atoms with Crippen LogP contribution in [-0.2, 0) is 10.9 Å². The molecule has 0 radical (unpaired) electrons. The van der Waals surface area contributed by atoms with Crippen LogP contribution in [0.3, 0.4) is 0 Å². The number of halogens is 3. The number of hydrogen-bond acceptors (Lipinski definition) is 3. The molecule has 2 aromatic carbocycles. The molecule has 0 amide bonds. The Morgan fingerprint density at radius 1 is 0.815 bits per heavy atom. The minimum absolute atomic E-state index is 0.0733. The molecule has 27 heavy (non-hydrogen) atoms. The van der Waals surface area contributed by atoms with Crippen molar-refractivity contribution in [2.45, 2.75) is 18.3 Å². The minimum Gasteiger partial charge on any atom is -0.465 e. The smallest absolute Gasteiger partial charge is 0.416 e. The molecular weight excluding hydrogens is 353 g/mol. The first kappa shape index (κ1) is 17.3. The van der Waals surface area contributed by atoms with Gasteiger partial charge < -0.3 is 4.74 Å². The molecule has 1 aromatic heterocycles. The van der Waals surface area contributed by atoms with E-state index in [-0.39, 0.29) is 17.6 Å². The highest BCUT2D eigenvalue weighted by atomic mass is 19.4. The van der Waals surface area contributed by atoms with Crippen LogP contribution in [0.1, 0.15) is 34.5 Å². The zero-order valence-electron chi connectivity index (χ0n) is 14.1. The van der Waals surface area contributed by atoms with Gasteiger partial charge in [-0.15, -0.1) is 0 Å². The Bertz CT molecular complexity index is 956. The zero-order chi connectivity index (χ0) is 18.9. The summed E-state index contributed by atoms with van der Waals surface area (Å²) in [7, 11) is 0. The van der Waals surface area contributed by atoms with Gasteiger partial charge in [0.1, 0.15) is 11.7 Å². The van der Waals surface area contributed by atoms with Crippen molar-refractivity contribution in [3.8, 4) is 0 Å². The molecular formula is C21H15F3N2O. The highest BCUT2D eigenvalue weighted by Crippen LogP contribution is 2.41. The van der Waals surface area contributed by atoms with Crippen LogP contribution in [0.4, 0.5) is 13.2 Å². The monoisotopic (exact) mass is 368 g/mol. The van der Waals surface area contributed by atoms with E-state index in [1.165, 1.54) is 0 Å². The van der Waals surface area contributed by atoms with E-state index in [2.05, 4.69) is 9.98 Å². The predicted molar refractivity (Wildman–Crippen MR) is 95.2 cm³/mol. The molecule has 0 aliphatic carbocycles. The lowest BCUT2D eigenvalue weighted by molar-refractivity contribution is -0.137. The highest BCUT2D eigenvalue weighted by molar-refractivity contribution is 5.93. The standard InChI is InChI=1S/C21H15F3N2O/c22-21(23,24)16-11-12-25-17(13-16)20-26-18(14-7-3-1-4-8-14)19(27-20)15-9-5-2-6-10-15/h1-13,18-19H/t18-,19+/m0/s1. The first-order valence-corrected chi connectivity index (χ1v) is 8.40. The van der Waals surface area contributed by atoms with E-state index < -0.39 is 17.8 Å². The molecule has 2 heterocycles. The summed E-state index contributed by atoms with van der Waals surface area (Å²) >= 11 is 0. The van der Waals surface area contributed by atoms with Crippen LogP contribution in [0.2, 0.25) is 0 Å². The number of aliphatic imine (C=N–C) groups is 1. The zero-order valence-corrected chi connectivity index (χ0v) is 14.1. The number of pyridine rings is 1. The summed E-state index contributed by atoms with van der Waals surface area (Å²) < 4.78 is 45.1. The van der Waals surface area contributed by atoms with Gasteiger partial charge in [0.05, 0.1) is 5.56 Å². The summed E-state index contributed by atoms with van der Waals surface area (Å²) in [6, 6.07) is 20.6. The van der Waals surface area contributed by atoms with Gasteiger partial charge in [-0.2, -0.15) is 13.2 Å². The molecule has 0 bridgehead atoms. The van der Waals surface area contributed by atoms with Crippen LogP contribution in [0.15, 0.2) is 84.0 Å². The SMILES string of the molecule is FC(F)(F)c1ccnc(C2=N[C@@H](c3ccccc3)[C@@H](c3ccccc3)O2)c1. The maximum absolute atomic E-state index is 13.0. The number of aromatic nitrogens is 1. The first-order chi connectivity index (χ1) is 13.0. The Balaban J connectivity index is 1.74. The van der Waals surface area contributed by atoms with Crippen LogP contribution < -0.4 is 0 Å². The lowest BCUT2D eigenvalue weighted by Crippen LogP contribution is -2.12. The Morgan fingerprint density at radius 2 is 1.44 bits per heavy atom. The molecule has 4 rings (SSSR count). The molecule has 1 aliphatic rings. The first-order valence-electron chi connectivity index (χ1n) is 8.40. The lowest BCUT2D eigenvalue weighted by atomic mass is 9.97. The van der Waals surface area contributed by atoms with Gasteiger partial charge in [0, 0.05) is 6.20 Å². The van der Waals surface area contributed by atoms with Crippen molar-refractivity contribution in [1.29, 1.82) is 0 Å². The van der Waals surface area contributed by atoms with Crippen molar-refractivity contribution in [1.82, 2.24) is 4.98 Å². The molecule has 3 aromatic rings. The van der Waals surface area contributed by atoms with Crippen LogP contribution in [0.5, 0.6) is 0 Å². The number of rotatable bonds is 3. The molecule has 0 saturated heterocycles. The van der Waals surface area contributed by atoms with Crippen molar-refractivity contribution in [2.75, 3.05) is 0 Å². The van der Waals surface area contributed by atoms with Crippen LogP contribution in [-0.4, -0.2) is 10.9 Å². The Kier molecular flexibility index (Phi) is 4.39. The average molecular weight is 368 g/mol. The molecule has 6 heteroatoms. The van der Waals surface area contributed by atoms with E-state index in [1.54, 1.807) is 0 Å². The molecule has 2 atom stereocenters. The van der Waals surface area contributed by atoms with E-state index in [0.29, 0.717) is 0 Å². The van der Waals surface area contributed by atoms with Crippen LogP contribution >= 0.6 is 0 Å². The summed E-state index contributed by atoms with van der Waals surface area (Å²) in [5, 5.41) is 0. The van der Waals surface area contributed by atoms with E-state index in [1.807, 2.05) is 60.7 Å². The number of alkyl halides is 3. The van der Waals surface area contributed by atoms with Gasteiger partial charge in [-0.3, -0.25) is 4.98 Å². The third kappa shape index (κ3) is 3.56. The third-order valence-electron chi connectivity index (χ3n) is 4.36. The van der Waals surface area contributed by atoms with Crippen molar-refractivity contribution >= 4 is 5.90 Å². The van der Waals surface area contributed by atoms with Gasteiger partial charge in [-0.05, 0) is 23.3 Å². The van der Waals surface area contributed by atoms with Gasteiger partial charge in [-0.1, -0.05) is 60.7 Å². The van der Waals surface area contributed by atoms with Gasteiger partial charge >= 0.3 is 6.18 Å². The molecule has 136 valence electrons. The fourth-order valence-electron chi connectivity index (χ4n) is 3.05. The maximum Gasteiger partial charge on any atom is 0.416 e. The van der Waals surface area contributed by atoms with Crippen LogP contribution in [0.25, 0.3) is 0 Å². The normalized spacial score (nSPS) is 19.4.